The number of aromatic nitrogens is 1. The van der Waals surface area contributed by atoms with Gasteiger partial charge in [-0.2, -0.15) is 0 Å². The van der Waals surface area contributed by atoms with Crippen LogP contribution < -0.4 is 10.1 Å². The van der Waals surface area contributed by atoms with Gasteiger partial charge in [-0.1, -0.05) is 55.3 Å². The van der Waals surface area contributed by atoms with E-state index in [1.807, 2.05) is 36.5 Å². The van der Waals surface area contributed by atoms with Crippen LogP contribution in [0.15, 0.2) is 60.8 Å². The Hall–Kier alpha value is -3.05. The summed E-state index contributed by atoms with van der Waals surface area (Å²) >= 11 is 6.22. The number of carboxylic acids is 1. The molecule has 0 radical (unpaired) electrons. The van der Waals surface area contributed by atoms with Crippen molar-refractivity contribution in [2.75, 3.05) is 11.9 Å². The lowest BCUT2D eigenvalue weighted by Gasteiger charge is -2.47. The van der Waals surface area contributed by atoms with Crippen LogP contribution in [0.2, 0.25) is 5.02 Å². The highest BCUT2D eigenvalue weighted by atomic mass is 35.5. The van der Waals surface area contributed by atoms with E-state index < -0.39 is 11.5 Å². The molecule has 0 bridgehead atoms. The maximum Gasteiger partial charge on any atom is 0.329 e. The number of anilines is 1. The molecule has 6 rings (SSSR count). The summed E-state index contributed by atoms with van der Waals surface area (Å²) < 4.78 is 6.49. The number of halogens is 1. The highest BCUT2D eigenvalue weighted by Crippen LogP contribution is 2.56. The Balaban J connectivity index is 1.18. The maximum atomic E-state index is 12.7. The number of carboxylic acid groups (broad SMARTS) is 1. The van der Waals surface area contributed by atoms with Crippen LogP contribution in [0.25, 0.3) is 0 Å². The Morgan fingerprint density at radius 1 is 1.07 bits per heavy atom. The highest BCUT2D eigenvalue weighted by molar-refractivity contribution is 6.30. The summed E-state index contributed by atoms with van der Waals surface area (Å²) in [6, 6.07) is 18.3. The van der Waals surface area contributed by atoms with Gasteiger partial charge in [-0.15, -0.1) is 0 Å². The van der Waals surface area contributed by atoms with Gasteiger partial charge in [0.05, 0.1) is 6.61 Å². The summed E-state index contributed by atoms with van der Waals surface area (Å²) in [6.45, 7) is 3.00. The van der Waals surface area contributed by atoms with Crippen molar-refractivity contribution in [1.82, 2.24) is 4.98 Å². The Labute approximate surface area is 248 Å². The molecule has 1 aromatic heterocycles. The van der Waals surface area contributed by atoms with Crippen LogP contribution in [-0.4, -0.2) is 28.2 Å². The van der Waals surface area contributed by atoms with E-state index in [0.29, 0.717) is 36.3 Å². The zero-order valence-electron chi connectivity index (χ0n) is 24.0. The molecule has 0 unspecified atom stereocenters. The molecule has 216 valence electrons. The fourth-order valence-corrected chi connectivity index (χ4v) is 8.09. The lowest BCUT2D eigenvalue weighted by molar-refractivity contribution is -0.144. The van der Waals surface area contributed by atoms with E-state index in [9.17, 15) is 9.90 Å². The number of ether oxygens (including phenoxy) is 1. The first-order valence-electron chi connectivity index (χ1n) is 15.3. The molecule has 1 saturated carbocycles. The fourth-order valence-electron chi connectivity index (χ4n) is 7.90. The monoisotopic (exact) mass is 572 g/mol. The first kappa shape index (κ1) is 28.1. The van der Waals surface area contributed by atoms with E-state index in [2.05, 4.69) is 41.5 Å². The molecule has 2 aromatic carbocycles. The number of carbonyl (C=O) groups is 1. The van der Waals surface area contributed by atoms with Gasteiger partial charge in [0.2, 0.25) is 0 Å². The predicted molar refractivity (Wildman–Crippen MR) is 164 cm³/mol. The van der Waals surface area contributed by atoms with Gasteiger partial charge in [0.1, 0.15) is 11.3 Å². The topological polar surface area (TPSA) is 71.5 Å². The SMILES string of the molecule is C[C@@H](COc1ccnc2c1CCCCC2)C[C@H]1Cc2ccccc2C12CCC(Nc1cccc(Cl)c1)(C(=O)O)CC2. The van der Waals surface area contributed by atoms with Crippen molar-refractivity contribution < 1.29 is 14.6 Å². The van der Waals surface area contributed by atoms with Crippen LogP contribution in [0.3, 0.4) is 0 Å². The maximum absolute atomic E-state index is 12.7. The second-order valence-corrected chi connectivity index (χ2v) is 13.1. The predicted octanol–water partition coefficient (Wildman–Crippen LogP) is 8.03. The third-order valence-electron chi connectivity index (χ3n) is 10.1. The normalized spacial score (nSPS) is 26.0. The average Bonchev–Trinajstić information content (AvgIpc) is 3.09. The molecule has 1 spiro atoms. The molecule has 6 heteroatoms. The molecule has 0 aliphatic heterocycles. The van der Waals surface area contributed by atoms with E-state index in [1.54, 1.807) is 0 Å². The van der Waals surface area contributed by atoms with Crippen molar-refractivity contribution in [3.05, 3.63) is 88.2 Å². The van der Waals surface area contributed by atoms with Crippen LogP contribution in [0, 0.1) is 11.8 Å². The summed E-state index contributed by atoms with van der Waals surface area (Å²) in [5.74, 6) is 1.08. The number of fused-ring (bicyclic) bond motifs is 3. The summed E-state index contributed by atoms with van der Waals surface area (Å²) in [5.41, 5.74) is 5.15. The number of rotatable bonds is 8. The third kappa shape index (κ3) is 5.58. The van der Waals surface area contributed by atoms with E-state index in [1.165, 1.54) is 41.6 Å². The zero-order chi connectivity index (χ0) is 28.5. The number of aliphatic carboxylic acids is 1. The van der Waals surface area contributed by atoms with Crippen molar-refractivity contribution in [2.24, 2.45) is 11.8 Å². The zero-order valence-corrected chi connectivity index (χ0v) is 24.8. The van der Waals surface area contributed by atoms with Crippen molar-refractivity contribution in [2.45, 2.75) is 88.5 Å². The minimum Gasteiger partial charge on any atom is -0.493 e. The van der Waals surface area contributed by atoms with E-state index in [0.717, 1.165) is 50.0 Å². The van der Waals surface area contributed by atoms with Gasteiger partial charge in [0.25, 0.3) is 0 Å². The Bertz CT molecular complexity index is 1400. The summed E-state index contributed by atoms with van der Waals surface area (Å²) in [7, 11) is 0. The molecule has 1 fully saturated rings. The number of benzene rings is 2. The fraction of sp³-hybridized carbons (Fsp3) is 0.486. The summed E-state index contributed by atoms with van der Waals surface area (Å²) in [4.78, 5) is 17.4. The van der Waals surface area contributed by atoms with Gasteiger partial charge < -0.3 is 15.2 Å². The van der Waals surface area contributed by atoms with Crippen LogP contribution in [0.5, 0.6) is 5.75 Å². The summed E-state index contributed by atoms with van der Waals surface area (Å²) in [6.07, 6.45) is 12.6. The van der Waals surface area contributed by atoms with Crippen molar-refractivity contribution in [3.8, 4) is 5.75 Å². The molecule has 3 aliphatic carbocycles. The molecular formula is C35H41ClN2O3. The van der Waals surface area contributed by atoms with Gasteiger partial charge >= 0.3 is 5.97 Å². The molecule has 3 aromatic rings. The van der Waals surface area contributed by atoms with Gasteiger partial charge in [-0.25, -0.2) is 4.79 Å². The van der Waals surface area contributed by atoms with Crippen molar-refractivity contribution >= 4 is 23.3 Å². The standard InChI is InChI=1S/C35H41ClN2O3/c1-24(23-41-32-14-19-37-31-13-4-2-3-11-29(31)32)20-26-21-25-8-5-6-12-30(25)34(26)15-17-35(18-16-34,33(39)40)38-28-10-7-9-27(36)22-28/h5-10,12,14,19,22,24,26,38H,2-4,11,13,15-18,20-21,23H2,1H3,(H,39,40)/t24-,26+,34?,35?/m1/s1. The quantitative estimate of drug-likeness (QED) is 0.267. The molecule has 41 heavy (non-hydrogen) atoms. The largest absolute Gasteiger partial charge is 0.493 e. The number of nitrogens with zero attached hydrogens (tertiary/aromatic N) is 1. The van der Waals surface area contributed by atoms with Crippen LogP contribution in [0.1, 0.15) is 80.7 Å². The van der Waals surface area contributed by atoms with E-state index >= 15 is 0 Å². The van der Waals surface area contributed by atoms with Crippen molar-refractivity contribution in [1.29, 1.82) is 0 Å². The molecule has 0 saturated heterocycles. The number of pyridine rings is 1. The first-order valence-corrected chi connectivity index (χ1v) is 15.7. The van der Waals surface area contributed by atoms with Crippen LogP contribution in [-0.2, 0) is 29.5 Å². The minimum absolute atomic E-state index is 0.00638. The molecule has 1 heterocycles. The van der Waals surface area contributed by atoms with Gasteiger partial charge in [0, 0.05) is 28.2 Å². The number of hydrogen-bond donors (Lipinski definition) is 2. The molecule has 0 amide bonds. The second-order valence-electron chi connectivity index (χ2n) is 12.7. The van der Waals surface area contributed by atoms with Crippen LogP contribution >= 0.6 is 11.6 Å². The lowest BCUT2D eigenvalue weighted by Crippen LogP contribution is -2.53. The number of aryl methyl sites for hydroxylation is 1. The van der Waals surface area contributed by atoms with E-state index in [-0.39, 0.29) is 5.41 Å². The second kappa shape index (κ2) is 11.7. The molecule has 3 aliphatic rings. The minimum atomic E-state index is -0.994. The smallest absolute Gasteiger partial charge is 0.329 e. The highest BCUT2D eigenvalue weighted by Gasteiger charge is 2.54. The number of nitrogens with one attached hydrogen (secondary N) is 1. The summed E-state index contributed by atoms with van der Waals surface area (Å²) in [5, 5.41) is 14.4. The van der Waals surface area contributed by atoms with Gasteiger partial charge in [0.15, 0.2) is 0 Å². The Morgan fingerprint density at radius 2 is 1.88 bits per heavy atom. The first-order chi connectivity index (χ1) is 19.9. The van der Waals surface area contributed by atoms with Crippen molar-refractivity contribution in [3.63, 3.8) is 0 Å². The lowest BCUT2D eigenvalue weighted by atomic mass is 9.59. The number of hydrogen-bond acceptors (Lipinski definition) is 4. The van der Waals surface area contributed by atoms with Crippen LogP contribution in [0.4, 0.5) is 5.69 Å². The Morgan fingerprint density at radius 3 is 2.68 bits per heavy atom. The molecule has 2 N–H and O–H groups in total. The molecule has 5 nitrogen and oxygen atoms in total. The molecular weight excluding hydrogens is 532 g/mol. The third-order valence-corrected chi connectivity index (χ3v) is 10.3. The molecule has 2 atom stereocenters. The van der Waals surface area contributed by atoms with Gasteiger partial charge in [-0.05, 0) is 117 Å². The average molecular weight is 573 g/mol. The van der Waals surface area contributed by atoms with E-state index in [4.69, 9.17) is 16.3 Å². The Kier molecular flexibility index (Phi) is 8.00. The van der Waals surface area contributed by atoms with Gasteiger partial charge in [-0.3, -0.25) is 4.98 Å².